The second-order valence-corrected chi connectivity index (χ2v) is 6.26. The summed E-state index contributed by atoms with van der Waals surface area (Å²) >= 11 is 0. The van der Waals surface area contributed by atoms with Crippen LogP contribution in [0.5, 0.6) is 5.75 Å². The van der Waals surface area contributed by atoms with Gasteiger partial charge in [0.1, 0.15) is 5.75 Å². The largest absolute Gasteiger partial charge is 0.497 e. The molecule has 3 rings (SSSR count). The minimum Gasteiger partial charge on any atom is -0.497 e. The number of benzene rings is 1. The lowest BCUT2D eigenvalue weighted by molar-refractivity contribution is -0.136. The fourth-order valence-corrected chi connectivity index (χ4v) is 3.37. The topological polar surface area (TPSA) is 44.8 Å². The highest BCUT2D eigenvalue weighted by molar-refractivity contribution is 5.85. The SMILES string of the molecule is COc1cccc(N2CCN(C(=O)[C@@H]3CNC[C@H]3C)CC2)c1.Cl. The van der Waals surface area contributed by atoms with Gasteiger partial charge in [0.25, 0.3) is 0 Å². The standard InChI is InChI=1S/C17H25N3O2.ClH/c1-13-11-18-12-16(13)17(21)20-8-6-19(7-9-20)14-4-3-5-15(10-14)22-2;/h3-5,10,13,16,18H,6-9,11-12H2,1-2H3;1H/t13-,16-;/m1./s1. The van der Waals surface area contributed by atoms with Crippen LogP contribution in [-0.2, 0) is 4.79 Å². The molecule has 0 aliphatic carbocycles. The normalized spacial score (nSPS) is 24.3. The Morgan fingerprint density at radius 2 is 1.96 bits per heavy atom. The van der Waals surface area contributed by atoms with Crippen LogP contribution in [0, 0.1) is 11.8 Å². The Hall–Kier alpha value is -1.46. The number of carbonyl (C=O) groups excluding carboxylic acids is 1. The van der Waals surface area contributed by atoms with Crippen LogP contribution in [0.15, 0.2) is 24.3 Å². The van der Waals surface area contributed by atoms with Crippen molar-refractivity contribution in [1.29, 1.82) is 0 Å². The molecule has 1 aromatic rings. The summed E-state index contributed by atoms with van der Waals surface area (Å²) in [5.74, 6) is 1.80. The number of rotatable bonds is 3. The lowest BCUT2D eigenvalue weighted by Crippen LogP contribution is -2.51. The molecule has 128 valence electrons. The summed E-state index contributed by atoms with van der Waals surface area (Å²) in [6, 6.07) is 8.12. The fraction of sp³-hybridized carbons (Fsp3) is 0.588. The van der Waals surface area contributed by atoms with Crippen molar-refractivity contribution < 1.29 is 9.53 Å². The first-order valence-corrected chi connectivity index (χ1v) is 8.07. The van der Waals surface area contributed by atoms with Crippen molar-refractivity contribution in [2.24, 2.45) is 11.8 Å². The molecule has 2 atom stereocenters. The Morgan fingerprint density at radius 1 is 1.22 bits per heavy atom. The van der Waals surface area contributed by atoms with E-state index in [9.17, 15) is 4.79 Å². The van der Waals surface area contributed by atoms with Crippen LogP contribution in [0.1, 0.15) is 6.92 Å². The molecule has 1 N–H and O–H groups in total. The van der Waals surface area contributed by atoms with Gasteiger partial charge in [-0.15, -0.1) is 12.4 Å². The average molecular weight is 340 g/mol. The number of piperazine rings is 1. The zero-order valence-corrected chi connectivity index (χ0v) is 14.6. The van der Waals surface area contributed by atoms with E-state index in [1.54, 1.807) is 7.11 Å². The van der Waals surface area contributed by atoms with Crippen LogP contribution in [0.2, 0.25) is 0 Å². The van der Waals surface area contributed by atoms with Gasteiger partial charge in [0.15, 0.2) is 0 Å². The summed E-state index contributed by atoms with van der Waals surface area (Å²) in [5.41, 5.74) is 1.17. The number of nitrogens with one attached hydrogen (secondary N) is 1. The van der Waals surface area contributed by atoms with Crippen molar-refractivity contribution in [2.75, 3.05) is 51.3 Å². The molecule has 0 spiro atoms. The van der Waals surface area contributed by atoms with E-state index in [0.29, 0.717) is 11.8 Å². The Labute approximate surface area is 144 Å². The van der Waals surface area contributed by atoms with Crippen LogP contribution >= 0.6 is 12.4 Å². The summed E-state index contributed by atoms with van der Waals surface area (Å²) < 4.78 is 5.29. The molecule has 6 heteroatoms. The predicted octanol–water partition coefficient (Wildman–Crippen LogP) is 1.62. The van der Waals surface area contributed by atoms with E-state index in [4.69, 9.17) is 4.74 Å². The minimum absolute atomic E-state index is 0. The number of nitrogens with zero attached hydrogens (tertiary/aromatic N) is 2. The first kappa shape index (κ1) is 17.9. The molecule has 1 aromatic carbocycles. The third-order valence-electron chi connectivity index (χ3n) is 4.84. The maximum Gasteiger partial charge on any atom is 0.227 e. The predicted molar refractivity (Wildman–Crippen MR) is 94.6 cm³/mol. The average Bonchev–Trinajstić information content (AvgIpc) is 3.00. The number of anilines is 1. The van der Waals surface area contributed by atoms with Gasteiger partial charge in [0.05, 0.1) is 13.0 Å². The van der Waals surface area contributed by atoms with Crippen molar-refractivity contribution >= 4 is 24.0 Å². The van der Waals surface area contributed by atoms with Crippen molar-refractivity contribution in [1.82, 2.24) is 10.2 Å². The fourth-order valence-electron chi connectivity index (χ4n) is 3.37. The van der Waals surface area contributed by atoms with E-state index >= 15 is 0 Å². The van der Waals surface area contributed by atoms with Crippen LogP contribution in [0.3, 0.4) is 0 Å². The monoisotopic (exact) mass is 339 g/mol. The van der Waals surface area contributed by atoms with Crippen molar-refractivity contribution in [2.45, 2.75) is 6.92 Å². The Kier molecular flexibility index (Phi) is 6.13. The molecule has 23 heavy (non-hydrogen) atoms. The molecule has 0 bridgehead atoms. The van der Waals surface area contributed by atoms with Crippen molar-refractivity contribution in [3.8, 4) is 5.75 Å². The summed E-state index contributed by atoms with van der Waals surface area (Å²) in [4.78, 5) is 17.0. The smallest absolute Gasteiger partial charge is 0.227 e. The van der Waals surface area contributed by atoms with Crippen LogP contribution in [0.4, 0.5) is 5.69 Å². The number of hydrogen-bond donors (Lipinski definition) is 1. The van der Waals surface area contributed by atoms with E-state index in [0.717, 1.165) is 45.0 Å². The molecule has 0 saturated carbocycles. The third kappa shape index (κ3) is 3.90. The molecule has 2 fully saturated rings. The van der Waals surface area contributed by atoms with E-state index < -0.39 is 0 Å². The molecule has 2 heterocycles. The molecule has 2 aliphatic rings. The second kappa shape index (κ2) is 7.88. The molecule has 2 saturated heterocycles. The van der Waals surface area contributed by atoms with Crippen LogP contribution in [-0.4, -0.2) is 57.2 Å². The summed E-state index contributed by atoms with van der Waals surface area (Å²) in [5, 5.41) is 3.32. The summed E-state index contributed by atoms with van der Waals surface area (Å²) in [6.45, 7) is 7.32. The quantitative estimate of drug-likeness (QED) is 0.909. The van der Waals surface area contributed by atoms with E-state index in [-0.39, 0.29) is 18.3 Å². The van der Waals surface area contributed by atoms with Gasteiger partial charge in [-0.25, -0.2) is 0 Å². The van der Waals surface area contributed by atoms with Crippen molar-refractivity contribution in [3.05, 3.63) is 24.3 Å². The van der Waals surface area contributed by atoms with Gasteiger partial charge in [-0.1, -0.05) is 13.0 Å². The Morgan fingerprint density at radius 3 is 2.57 bits per heavy atom. The van der Waals surface area contributed by atoms with Gasteiger partial charge in [-0.2, -0.15) is 0 Å². The number of hydrogen-bond acceptors (Lipinski definition) is 4. The maximum absolute atomic E-state index is 12.6. The molecule has 0 aromatic heterocycles. The molecule has 1 amide bonds. The first-order chi connectivity index (χ1) is 10.7. The number of halogens is 1. The minimum atomic E-state index is 0. The molecule has 0 unspecified atom stereocenters. The van der Waals surface area contributed by atoms with Gasteiger partial charge >= 0.3 is 0 Å². The third-order valence-corrected chi connectivity index (χ3v) is 4.84. The van der Waals surface area contributed by atoms with Gasteiger partial charge in [-0.05, 0) is 24.6 Å². The summed E-state index contributed by atoms with van der Waals surface area (Å²) in [7, 11) is 1.69. The molecular formula is C17H26ClN3O2. The lowest BCUT2D eigenvalue weighted by Gasteiger charge is -2.37. The maximum atomic E-state index is 12.6. The highest BCUT2D eigenvalue weighted by Crippen LogP contribution is 2.24. The Balaban J connectivity index is 0.00000192. The highest BCUT2D eigenvalue weighted by Gasteiger charge is 2.33. The van der Waals surface area contributed by atoms with Crippen LogP contribution in [0.25, 0.3) is 0 Å². The van der Waals surface area contributed by atoms with Gasteiger partial charge in [-0.3, -0.25) is 4.79 Å². The van der Waals surface area contributed by atoms with E-state index in [2.05, 4.69) is 29.3 Å². The van der Waals surface area contributed by atoms with Gasteiger partial charge in [0.2, 0.25) is 5.91 Å². The highest BCUT2D eigenvalue weighted by atomic mass is 35.5. The zero-order chi connectivity index (χ0) is 15.5. The number of methoxy groups -OCH3 is 1. The van der Waals surface area contributed by atoms with E-state index in [1.165, 1.54) is 5.69 Å². The number of carbonyl (C=O) groups is 1. The van der Waals surface area contributed by atoms with E-state index in [1.807, 2.05) is 17.0 Å². The number of amides is 1. The molecule has 5 nitrogen and oxygen atoms in total. The summed E-state index contributed by atoms with van der Waals surface area (Å²) in [6.07, 6.45) is 0. The van der Waals surface area contributed by atoms with Gasteiger partial charge < -0.3 is 19.9 Å². The zero-order valence-electron chi connectivity index (χ0n) is 13.8. The van der Waals surface area contributed by atoms with Crippen LogP contribution < -0.4 is 15.0 Å². The molecule has 0 radical (unpaired) electrons. The molecular weight excluding hydrogens is 314 g/mol. The second-order valence-electron chi connectivity index (χ2n) is 6.26. The first-order valence-electron chi connectivity index (χ1n) is 8.07. The van der Waals surface area contributed by atoms with Gasteiger partial charge in [0, 0.05) is 44.5 Å². The van der Waals surface area contributed by atoms with Crippen molar-refractivity contribution in [3.63, 3.8) is 0 Å². The Bertz CT molecular complexity index is 532. The lowest BCUT2D eigenvalue weighted by atomic mass is 9.96. The number of ether oxygens (including phenoxy) is 1. The molecule has 2 aliphatic heterocycles.